The van der Waals surface area contributed by atoms with Gasteiger partial charge < -0.3 is 0 Å². The second-order valence-corrected chi connectivity index (χ2v) is 2.87. The molecule has 0 saturated heterocycles. The third kappa shape index (κ3) is 5.03. The summed E-state index contributed by atoms with van der Waals surface area (Å²) in [6.45, 7) is 0. The van der Waals surface area contributed by atoms with Crippen LogP contribution in [0.2, 0.25) is 0 Å². The predicted octanol–water partition coefficient (Wildman–Crippen LogP) is 4.10. The van der Waals surface area contributed by atoms with E-state index in [4.69, 9.17) is 0 Å². The molecule has 0 aliphatic heterocycles. The van der Waals surface area contributed by atoms with E-state index in [1.807, 2.05) is 60.7 Å². The molecule has 2 aromatic carbocycles. The van der Waals surface area contributed by atoms with Crippen LogP contribution < -0.4 is 0 Å². The van der Waals surface area contributed by atoms with Gasteiger partial charge in [0.1, 0.15) is 0 Å². The quantitative estimate of drug-likeness (QED) is 0.538. The zero-order valence-electron chi connectivity index (χ0n) is 8.27. The van der Waals surface area contributed by atoms with Gasteiger partial charge in [-0.1, -0.05) is 36.4 Å². The van der Waals surface area contributed by atoms with E-state index < -0.39 is 0 Å². The van der Waals surface area contributed by atoms with Gasteiger partial charge in [0.25, 0.3) is 0 Å². The molecule has 0 aliphatic rings. The summed E-state index contributed by atoms with van der Waals surface area (Å²) in [5, 5.41) is 8.20. The van der Waals surface area contributed by atoms with Gasteiger partial charge in [0.05, 0.1) is 11.4 Å². The van der Waals surface area contributed by atoms with E-state index in [1.54, 1.807) is 0 Å². The molecule has 2 rings (SSSR count). The molecule has 0 bridgehead atoms. The number of benzene rings is 2. The van der Waals surface area contributed by atoms with E-state index in [-0.39, 0.29) is 44.8 Å². The Bertz CT molecular complexity index is 374. The van der Waals surface area contributed by atoms with E-state index >= 15 is 0 Å². The molecule has 0 amide bonds. The van der Waals surface area contributed by atoms with Crippen LogP contribution in [0.1, 0.15) is 0 Å². The predicted molar refractivity (Wildman–Crippen MR) is 57.1 cm³/mol. The number of rotatable bonds is 2. The van der Waals surface area contributed by atoms with Gasteiger partial charge in [0.2, 0.25) is 0 Å². The van der Waals surface area contributed by atoms with Crippen LogP contribution in [0.5, 0.6) is 0 Å². The van der Waals surface area contributed by atoms with Gasteiger partial charge in [-0.3, -0.25) is 0 Å². The monoisotopic (exact) mass is 396 g/mol. The molecular weight excluding hydrogens is 388 g/mol. The Labute approximate surface area is 126 Å². The van der Waals surface area contributed by atoms with E-state index in [0.29, 0.717) is 0 Å². The zero-order valence-corrected chi connectivity index (χ0v) is 11.2. The van der Waals surface area contributed by atoms with E-state index in [9.17, 15) is 0 Å². The van der Waals surface area contributed by atoms with Gasteiger partial charge in [0, 0.05) is 44.8 Å². The van der Waals surface area contributed by atoms with Crippen LogP contribution in [0.3, 0.4) is 0 Å². The van der Waals surface area contributed by atoms with Crippen LogP contribution in [0.15, 0.2) is 70.9 Å². The van der Waals surface area contributed by atoms with Crippen molar-refractivity contribution in [3.8, 4) is 0 Å². The van der Waals surface area contributed by atoms with E-state index in [0.717, 1.165) is 11.4 Å². The van der Waals surface area contributed by atoms with E-state index in [1.165, 1.54) is 0 Å². The van der Waals surface area contributed by atoms with Crippen molar-refractivity contribution in [3.05, 3.63) is 60.7 Å². The molecule has 0 atom stereocenters. The van der Waals surface area contributed by atoms with Crippen molar-refractivity contribution >= 4 is 11.4 Å². The number of azo groups is 1. The number of hydrogen-bond donors (Lipinski definition) is 0. The zero-order chi connectivity index (χ0) is 9.64. The SMILES string of the molecule is [Ag].[Ag].c1ccc(N=Nc2ccccc2)cc1. The Hall–Kier alpha value is -0.479. The van der Waals surface area contributed by atoms with Crippen molar-refractivity contribution in [1.29, 1.82) is 0 Å². The van der Waals surface area contributed by atoms with Gasteiger partial charge in [-0.05, 0) is 24.3 Å². The van der Waals surface area contributed by atoms with Crippen LogP contribution in [0, 0.1) is 0 Å². The van der Waals surface area contributed by atoms with Gasteiger partial charge in [-0.2, -0.15) is 10.2 Å². The summed E-state index contributed by atoms with van der Waals surface area (Å²) in [6, 6.07) is 19.4. The van der Waals surface area contributed by atoms with E-state index in [2.05, 4.69) is 10.2 Å². The first-order valence-corrected chi connectivity index (χ1v) is 4.47. The summed E-state index contributed by atoms with van der Waals surface area (Å²) in [4.78, 5) is 0. The van der Waals surface area contributed by atoms with Gasteiger partial charge >= 0.3 is 0 Å². The fourth-order valence-electron chi connectivity index (χ4n) is 1.10. The number of hydrogen-bond acceptors (Lipinski definition) is 2. The maximum atomic E-state index is 4.10. The first kappa shape index (κ1) is 15.5. The minimum absolute atomic E-state index is 0. The summed E-state index contributed by atoms with van der Waals surface area (Å²) in [6.07, 6.45) is 0. The molecule has 2 aromatic rings. The third-order valence-corrected chi connectivity index (χ3v) is 1.79. The molecule has 0 fully saturated rings. The molecule has 0 saturated carbocycles. The van der Waals surface area contributed by atoms with Crippen molar-refractivity contribution in [3.63, 3.8) is 0 Å². The van der Waals surface area contributed by atoms with Crippen molar-refractivity contribution in [1.82, 2.24) is 0 Å². The molecule has 0 spiro atoms. The molecule has 0 N–H and O–H groups in total. The minimum atomic E-state index is 0. The molecule has 0 aliphatic carbocycles. The first-order chi connectivity index (χ1) is 6.95. The van der Waals surface area contributed by atoms with Crippen LogP contribution >= 0.6 is 0 Å². The fourth-order valence-corrected chi connectivity index (χ4v) is 1.10. The van der Waals surface area contributed by atoms with Crippen molar-refractivity contribution in [2.24, 2.45) is 10.2 Å². The summed E-state index contributed by atoms with van der Waals surface area (Å²) in [5.41, 5.74) is 1.74. The van der Waals surface area contributed by atoms with Crippen LogP contribution in [-0.2, 0) is 44.8 Å². The minimum Gasteiger partial charge on any atom is -0.151 e. The third-order valence-electron chi connectivity index (χ3n) is 1.79. The second kappa shape index (κ2) is 8.65. The fraction of sp³-hybridized carbons (Fsp3) is 0. The normalized spacial score (nSPS) is 9.25. The van der Waals surface area contributed by atoms with Crippen LogP contribution in [0.25, 0.3) is 0 Å². The first-order valence-electron chi connectivity index (χ1n) is 4.47. The van der Waals surface area contributed by atoms with Gasteiger partial charge in [-0.15, -0.1) is 0 Å². The summed E-state index contributed by atoms with van der Waals surface area (Å²) in [5.74, 6) is 0. The van der Waals surface area contributed by atoms with Crippen LogP contribution in [0.4, 0.5) is 11.4 Å². The maximum absolute atomic E-state index is 4.10. The van der Waals surface area contributed by atoms with Crippen LogP contribution in [-0.4, -0.2) is 0 Å². The standard InChI is InChI=1S/C12H10N2.2Ag/c1-3-7-11(8-4-1)13-14-12-9-5-2-6-10-12;;/h1-10H;;. The Balaban J connectivity index is 0.00000112. The van der Waals surface area contributed by atoms with Gasteiger partial charge in [-0.25, -0.2) is 0 Å². The summed E-state index contributed by atoms with van der Waals surface area (Å²) < 4.78 is 0. The van der Waals surface area contributed by atoms with Gasteiger partial charge in [0.15, 0.2) is 0 Å². The molecule has 2 nitrogen and oxygen atoms in total. The number of nitrogens with zero attached hydrogens (tertiary/aromatic N) is 2. The Morgan fingerprint density at radius 2 is 0.812 bits per heavy atom. The Kier molecular flexibility index (Phi) is 8.39. The summed E-state index contributed by atoms with van der Waals surface area (Å²) in [7, 11) is 0. The topological polar surface area (TPSA) is 24.7 Å². The molecule has 90 valence electrons. The molecule has 2 radical (unpaired) electrons. The molecule has 0 heterocycles. The van der Waals surface area contributed by atoms with Crippen molar-refractivity contribution in [2.75, 3.05) is 0 Å². The maximum Gasteiger partial charge on any atom is 0.0857 e. The average Bonchev–Trinajstić information content (AvgIpc) is 2.29. The molecule has 0 aromatic heterocycles. The molecular formula is C12H10Ag2N2. The average molecular weight is 398 g/mol. The smallest absolute Gasteiger partial charge is 0.0857 e. The molecule has 4 heteroatoms. The summed E-state index contributed by atoms with van der Waals surface area (Å²) >= 11 is 0. The Morgan fingerprint density at radius 3 is 1.12 bits per heavy atom. The van der Waals surface area contributed by atoms with Crippen molar-refractivity contribution < 1.29 is 44.8 Å². The largest absolute Gasteiger partial charge is 0.151 e. The molecule has 16 heavy (non-hydrogen) atoms. The second-order valence-electron chi connectivity index (χ2n) is 2.87. The Morgan fingerprint density at radius 1 is 0.500 bits per heavy atom. The van der Waals surface area contributed by atoms with Crippen molar-refractivity contribution in [2.45, 2.75) is 0 Å². The molecule has 0 unspecified atom stereocenters.